The van der Waals surface area contributed by atoms with Crippen LogP contribution >= 0.6 is 23.2 Å². The highest BCUT2D eigenvalue weighted by molar-refractivity contribution is 6.36. The van der Waals surface area contributed by atoms with Gasteiger partial charge in [-0.05, 0) is 54.1 Å². The number of carbonyl (C=O) groups is 1. The molecule has 0 amide bonds. The van der Waals surface area contributed by atoms with E-state index in [0.29, 0.717) is 16.5 Å². The molecule has 8 heteroatoms. The Morgan fingerprint density at radius 2 is 1.81 bits per heavy atom. The quantitative estimate of drug-likeness (QED) is 0.122. The van der Waals surface area contributed by atoms with Gasteiger partial charge in [-0.25, -0.2) is 4.79 Å². The van der Waals surface area contributed by atoms with Gasteiger partial charge in [0.1, 0.15) is 0 Å². The SMILES string of the molecule is COc1ccc2c(c[n+]3c4c2ccc2c5c(cc(c24)CC3)OCO5)c1OC(=O)c1ccc(Cl)cc1Cl. The predicted octanol–water partition coefficient (Wildman–Crippen LogP) is 6.25. The lowest BCUT2D eigenvalue weighted by molar-refractivity contribution is -0.670. The lowest BCUT2D eigenvalue weighted by Gasteiger charge is -2.18. The zero-order chi connectivity index (χ0) is 24.6. The molecule has 7 rings (SSSR count). The molecule has 0 spiro atoms. The first kappa shape index (κ1) is 21.5. The molecule has 2 aliphatic rings. The summed E-state index contributed by atoms with van der Waals surface area (Å²) < 4.78 is 25.2. The highest BCUT2D eigenvalue weighted by atomic mass is 35.5. The molecule has 0 radical (unpaired) electrons. The van der Waals surface area contributed by atoms with E-state index < -0.39 is 5.97 Å². The number of methoxy groups -OCH3 is 1. The number of halogens is 2. The van der Waals surface area contributed by atoms with Crippen LogP contribution in [-0.2, 0) is 13.0 Å². The predicted molar refractivity (Wildman–Crippen MR) is 137 cm³/mol. The molecule has 2 aliphatic heterocycles. The molecule has 5 aromatic rings. The van der Waals surface area contributed by atoms with Crippen LogP contribution in [0.4, 0.5) is 0 Å². The molecule has 0 aliphatic carbocycles. The minimum Gasteiger partial charge on any atom is -0.493 e. The van der Waals surface area contributed by atoms with Gasteiger partial charge in [0.05, 0.1) is 33.9 Å². The minimum atomic E-state index is -0.588. The third-order valence-corrected chi connectivity index (χ3v) is 7.45. The number of hydrogen-bond donors (Lipinski definition) is 0. The van der Waals surface area contributed by atoms with Gasteiger partial charge in [0.2, 0.25) is 12.3 Å². The van der Waals surface area contributed by atoms with Gasteiger partial charge >= 0.3 is 5.97 Å². The number of rotatable bonds is 3. The third-order valence-electron chi connectivity index (χ3n) is 6.90. The third kappa shape index (κ3) is 3.04. The number of esters is 1. The van der Waals surface area contributed by atoms with Crippen molar-refractivity contribution in [3.05, 3.63) is 75.9 Å². The molecule has 6 nitrogen and oxygen atoms in total. The maximum Gasteiger partial charge on any atom is 0.345 e. The topological polar surface area (TPSA) is 57.9 Å². The molecule has 3 heterocycles. The fraction of sp³-hybridized carbons (Fsp3) is 0.143. The maximum atomic E-state index is 13.1. The zero-order valence-electron chi connectivity index (χ0n) is 19.1. The molecule has 178 valence electrons. The van der Waals surface area contributed by atoms with Crippen LogP contribution in [0.25, 0.3) is 32.4 Å². The smallest absolute Gasteiger partial charge is 0.345 e. The number of carbonyl (C=O) groups excluding carboxylic acids is 1. The lowest BCUT2D eigenvalue weighted by atomic mass is 9.93. The number of ether oxygens (including phenoxy) is 4. The van der Waals surface area contributed by atoms with Crippen molar-refractivity contribution in [3.8, 4) is 23.0 Å². The Bertz CT molecular complexity index is 1780. The Hall–Kier alpha value is -3.74. The second kappa shape index (κ2) is 7.88. The average molecular weight is 519 g/mol. The summed E-state index contributed by atoms with van der Waals surface area (Å²) in [6, 6.07) is 14.7. The van der Waals surface area contributed by atoms with Crippen LogP contribution in [0.1, 0.15) is 15.9 Å². The highest BCUT2D eigenvalue weighted by Gasteiger charge is 2.30. The van der Waals surface area contributed by atoms with Crippen LogP contribution in [0.5, 0.6) is 23.0 Å². The van der Waals surface area contributed by atoms with Crippen LogP contribution < -0.4 is 23.5 Å². The van der Waals surface area contributed by atoms with E-state index in [1.807, 2.05) is 18.3 Å². The van der Waals surface area contributed by atoms with E-state index in [4.69, 9.17) is 42.1 Å². The zero-order valence-corrected chi connectivity index (χ0v) is 20.6. The van der Waals surface area contributed by atoms with Crippen molar-refractivity contribution in [2.75, 3.05) is 13.9 Å². The van der Waals surface area contributed by atoms with Gasteiger partial charge in [0, 0.05) is 22.2 Å². The van der Waals surface area contributed by atoms with Crippen LogP contribution in [0.15, 0.2) is 54.7 Å². The van der Waals surface area contributed by atoms with Gasteiger partial charge < -0.3 is 18.9 Å². The van der Waals surface area contributed by atoms with Crippen molar-refractivity contribution in [1.29, 1.82) is 0 Å². The summed E-state index contributed by atoms with van der Waals surface area (Å²) in [7, 11) is 1.55. The van der Waals surface area contributed by atoms with Crippen molar-refractivity contribution >= 4 is 61.6 Å². The Morgan fingerprint density at radius 3 is 2.64 bits per heavy atom. The molecule has 0 bridgehead atoms. The number of aryl methyl sites for hydroxylation is 2. The molecule has 0 saturated heterocycles. The largest absolute Gasteiger partial charge is 0.493 e. The molecule has 0 N–H and O–H groups in total. The fourth-order valence-electron chi connectivity index (χ4n) is 5.30. The second-order valence-electron chi connectivity index (χ2n) is 8.80. The number of aromatic nitrogens is 1. The molecule has 0 saturated carbocycles. The number of benzene rings is 4. The summed E-state index contributed by atoms with van der Waals surface area (Å²) in [6.07, 6.45) is 2.87. The Kier molecular flexibility index (Phi) is 4.72. The number of fused-ring (bicyclic) bond motifs is 4. The lowest BCUT2D eigenvalue weighted by Crippen LogP contribution is -2.38. The van der Waals surface area contributed by atoms with Gasteiger partial charge in [0.25, 0.3) is 0 Å². The normalized spacial score (nSPS) is 13.6. The van der Waals surface area contributed by atoms with Crippen molar-refractivity contribution in [1.82, 2.24) is 0 Å². The Morgan fingerprint density at radius 1 is 0.972 bits per heavy atom. The summed E-state index contributed by atoms with van der Waals surface area (Å²) in [5.74, 6) is 1.79. The fourth-order valence-corrected chi connectivity index (χ4v) is 5.79. The van der Waals surface area contributed by atoms with Crippen molar-refractivity contribution in [2.24, 2.45) is 0 Å². The average Bonchev–Trinajstić information content (AvgIpc) is 3.35. The summed E-state index contributed by atoms with van der Waals surface area (Å²) in [4.78, 5) is 13.1. The highest BCUT2D eigenvalue weighted by Crippen LogP contribution is 2.46. The number of hydrogen-bond acceptors (Lipinski definition) is 5. The van der Waals surface area contributed by atoms with E-state index in [9.17, 15) is 4.79 Å². The summed E-state index contributed by atoms with van der Waals surface area (Å²) in [5.41, 5.74) is 2.57. The van der Waals surface area contributed by atoms with Crippen LogP contribution in [0.2, 0.25) is 10.0 Å². The molecule has 1 aromatic heterocycles. The second-order valence-corrected chi connectivity index (χ2v) is 9.64. The van der Waals surface area contributed by atoms with E-state index in [2.05, 4.69) is 22.8 Å². The van der Waals surface area contributed by atoms with Crippen LogP contribution in [-0.4, -0.2) is 19.9 Å². The first-order valence-corrected chi connectivity index (χ1v) is 12.2. The molecular weight excluding hydrogens is 501 g/mol. The van der Waals surface area contributed by atoms with Gasteiger partial charge in [-0.1, -0.05) is 23.2 Å². The standard InChI is InChI=1S/C28H18Cl2NO5/c1-33-22-7-6-16-17-4-5-19-24-14(10-23-26(19)35-13-34-23)8-9-31(25(17)24)12-20(16)27(22)36-28(32)18-3-2-15(29)11-21(18)30/h2-7,10-12H,8-9,13H2,1H3/q+1. The summed E-state index contributed by atoms with van der Waals surface area (Å²) in [5, 5.41) is 5.62. The van der Waals surface area contributed by atoms with E-state index in [0.717, 1.165) is 56.9 Å². The first-order chi connectivity index (χ1) is 17.5. The van der Waals surface area contributed by atoms with Crippen molar-refractivity contribution in [2.45, 2.75) is 13.0 Å². The molecule has 0 atom stereocenters. The molecule has 4 aromatic carbocycles. The summed E-state index contributed by atoms with van der Waals surface area (Å²) in [6.45, 7) is 1.00. The van der Waals surface area contributed by atoms with Crippen molar-refractivity contribution in [3.63, 3.8) is 0 Å². The van der Waals surface area contributed by atoms with E-state index in [1.165, 1.54) is 11.6 Å². The van der Waals surface area contributed by atoms with Gasteiger partial charge in [-0.15, -0.1) is 0 Å². The van der Waals surface area contributed by atoms with E-state index >= 15 is 0 Å². The molecule has 0 fully saturated rings. The van der Waals surface area contributed by atoms with Crippen LogP contribution in [0, 0.1) is 0 Å². The first-order valence-electron chi connectivity index (χ1n) is 11.4. The molecule has 0 unspecified atom stereocenters. The van der Waals surface area contributed by atoms with Crippen molar-refractivity contribution < 1.29 is 28.3 Å². The van der Waals surface area contributed by atoms with E-state index in [-0.39, 0.29) is 17.4 Å². The molecule has 36 heavy (non-hydrogen) atoms. The Balaban J connectivity index is 1.47. The van der Waals surface area contributed by atoms with Gasteiger partial charge in [-0.3, -0.25) is 0 Å². The minimum absolute atomic E-state index is 0.222. The Labute approximate surface area is 215 Å². The van der Waals surface area contributed by atoms with Crippen LogP contribution in [0.3, 0.4) is 0 Å². The van der Waals surface area contributed by atoms with Gasteiger partial charge in [-0.2, -0.15) is 4.57 Å². The summed E-state index contributed by atoms with van der Waals surface area (Å²) >= 11 is 12.3. The monoisotopic (exact) mass is 518 g/mol. The number of nitrogens with zero attached hydrogens (tertiary/aromatic N) is 1. The van der Waals surface area contributed by atoms with E-state index in [1.54, 1.807) is 19.2 Å². The molecular formula is C28H18Cl2NO5+. The maximum absolute atomic E-state index is 13.1. The number of pyridine rings is 1. The van der Waals surface area contributed by atoms with Gasteiger partial charge in [0.15, 0.2) is 35.7 Å².